The van der Waals surface area contributed by atoms with Gasteiger partial charge in [0.25, 0.3) is 0 Å². The molecule has 4 nitrogen and oxygen atoms in total. The number of hydrogen-bond acceptors (Lipinski definition) is 3. The van der Waals surface area contributed by atoms with Crippen molar-refractivity contribution in [2.45, 2.75) is 12.9 Å². The van der Waals surface area contributed by atoms with E-state index in [4.69, 9.17) is 4.74 Å². The number of carbonyl (C=O) groups is 1. The number of para-hydroxylation sites is 2. The number of benzene rings is 2. The number of amides is 1. The molecule has 0 atom stereocenters. The zero-order valence-electron chi connectivity index (χ0n) is 14.3. The van der Waals surface area contributed by atoms with Gasteiger partial charge in [0.15, 0.2) is 0 Å². The first-order valence-electron chi connectivity index (χ1n) is 7.70. The Balaban J connectivity index is 2.09. The van der Waals surface area contributed by atoms with Crippen molar-refractivity contribution >= 4 is 12.0 Å². The van der Waals surface area contributed by atoms with Crippen LogP contribution in [-0.2, 0) is 11.3 Å². The van der Waals surface area contributed by atoms with Gasteiger partial charge in [-0.05, 0) is 18.2 Å². The molecule has 0 saturated heterocycles. The van der Waals surface area contributed by atoms with Gasteiger partial charge >= 0.3 is 6.36 Å². The zero-order chi connectivity index (χ0) is 19.2. The largest absolute Gasteiger partial charge is 0.573 e. The minimum atomic E-state index is -4.79. The van der Waals surface area contributed by atoms with Crippen molar-refractivity contribution in [3.63, 3.8) is 0 Å². The van der Waals surface area contributed by atoms with Gasteiger partial charge in [-0.15, -0.1) is 13.2 Å². The molecule has 0 aliphatic heterocycles. The predicted molar refractivity (Wildman–Crippen MR) is 91.6 cm³/mol. The van der Waals surface area contributed by atoms with Crippen LogP contribution in [0.15, 0.2) is 54.6 Å². The molecule has 1 amide bonds. The molecule has 0 radical (unpaired) electrons. The number of hydrogen-bond donors (Lipinski definition) is 0. The summed E-state index contributed by atoms with van der Waals surface area (Å²) in [5.41, 5.74) is 0.976. The minimum Gasteiger partial charge on any atom is -0.496 e. The molecule has 0 unspecified atom stereocenters. The Labute approximate surface area is 149 Å². The minimum absolute atomic E-state index is 0.0264. The quantitative estimate of drug-likeness (QED) is 0.718. The summed E-state index contributed by atoms with van der Waals surface area (Å²) in [6.45, 7) is -0.0264. The van der Waals surface area contributed by atoms with Crippen LogP contribution in [0, 0.1) is 0 Å². The third-order valence-corrected chi connectivity index (χ3v) is 3.53. The Morgan fingerprint density at radius 3 is 2.35 bits per heavy atom. The van der Waals surface area contributed by atoms with Crippen LogP contribution in [0.2, 0.25) is 0 Å². The fourth-order valence-electron chi connectivity index (χ4n) is 2.28. The fraction of sp³-hybridized carbons (Fsp3) is 0.211. The maximum Gasteiger partial charge on any atom is 0.573 e. The highest BCUT2D eigenvalue weighted by Gasteiger charge is 2.32. The van der Waals surface area contributed by atoms with Gasteiger partial charge in [-0.3, -0.25) is 4.79 Å². The van der Waals surface area contributed by atoms with Crippen molar-refractivity contribution in [1.82, 2.24) is 4.90 Å². The number of rotatable bonds is 6. The Kier molecular flexibility index (Phi) is 6.27. The average Bonchev–Trinajstić information content (AvgIpc) is 2.60. The molecule has 7 heteroatoms. The van der Waals surface area contributed by atoms with Crippen molar-refractivity contribution in [2.24, 2.45) is 0 Å². The second-order valence-corrected chi connectivity index (χ2v) is 5.43. The Morgan fingerprint density at radius 2 is 1.69 bits per heavy atom. The standard InChI is InChI=1S/C19H18F3NO3/c1-23(13-15-8-4-6-10-17(15)26-19(20,21)22)18(24)12-11-14-7-3-5-9-16(14)25-2/h3-12H,13H2,1-2H3/b12-11+. The Morgan fingerprint density at radius 1 is 1.08 bits per heavy atom. The molecule has 138 valence electrons. The summed E-state index contributed by atoms with van der Waals surface area (Å²) in [6, 6.07) is 12.9. The molecule has 2 aromatic rings. The second kappa shape index (κ2) is 8.42. The highest BCUT2D eigenvalue weighted by molar-refractivity contribution is 5.92. The van der Waals surface area contributed by atoms with E-state index in [0.717, 1.165) is 5.56 Å². The number of alkyl halides is 3. The Bertz CT molecular complexity index is 788. The van der Waals surface area contributed by atoms with Crippen molar-refractivity contribution in [2.75, 3.05) is 14.2 Å². The molecule has 0 aromatic heterocycles. The molecule has 0 fully saturated rings. The van der Waals surface area contributed by atoms with Gasteiger partial charge in [-0.1, -0.05) is 36.4 Å². The van der Waals surface area contributed by atoms with Gasteiger partial charge in [0.1, 0.15) is 11.5 Å². The van der Waals surface area contributed by atoms with Crippen molar-refractivity contribution < 1.29 is 27.4 Å². The lowest BCUT2D eigenvalue weighted by Gasteiger charge is -2.18. The lowest BCUT2D eigenvalue weighted by atomic mass is 10.1. The van der Waals surface area contributed by atoms with Crippen LogP contribution in [-0.4, -0.2) is 31.3 Å². The first-order chi connectivity index (χ1) is 12.3. The van der Waals surface area contributed by atoms with E-state index in [1.807, 2.05) is 6.07 Å². The summed E-state index contributed by atoms with van der Waals surface area (Å²) in [5, 5.41) is 0. The number of ether oxygens (including phenoxy) is 2. The molecular weight excluding hydrogens is 347 g/mol. The molecular formula is C19H18F3NO3. The molecule has 0 bridgehead atoms. The lowest BCUT2D eigenvalue weighted by Crippen LogP contribution is -2.25. The number of carbonyl (C=O) groups excluding carboxylic acids is 1. The number of methoxy groups -OCH3 is 1. The van der Waals surface area contributed by atoms with Gasteiger partial charge in [0.05, 0.1) is 7.11 Å². The SMILES string of the molecule is COc1ccccc1/C=C/C(=O)N(C)Cc1ccccc1OC(F)(F)F. The number of nitrogens with zero attached hydrogens (tertiary/aromatic N) is 1. The van der Waals surface area contributed by atoms with Crippen LogP contribution in [0.25, 0.3) is 6.08 Å². The first kappa shape index (κ1) is 19.4. The molecule has 2 rings (SSSR count). The lowest BCUT2D eigenvalue weighted by molar-refractivity contribution is -0.275. The van der Waals surface area contributed by atoms with Gasteiger partial charge in [0, 0.05) is 30.8 Å². The maximum atomic E-state index is 12.5. The van der Waals surface area contributed by atoms with Gasteiger partial charge in [-0.2, -0.15) is 0 Å². The van der Waals surface area contributed by atoms with Crippen molar-refractivity contribution in [3.8, 4) is 11.5 Å². The summed E-state index contributed by atoms with van der Waals surface area (Å²) in [7, 11) is 3.03. The van der Waals surface area contributed by atoms with Gasteiger partial charge in [-0.25, -0.2) is 0 Å². The van der Waals surface area contributed by atoms with E-state index in [1.165, 1.54) is 43.3 Å². The third-order valence-electron chi connectivity index (χ3n) is 3.53. The molecule has 0 saturated carbocycles. The number of likely N-dealkylation sites (N-methyl/N-ethyl adjacent to an activating group) is 1. The van der Waals surface area contributed by atoms with E-state index in [1.54, 1.807) is 30.3 Å². The van der Waals surface area contributed by atoms with Crippen LogP contribution in [0.1, 0.15) is 11.1 Å². The highest BCUT2D eigenvalue weighted by atomic mass is 19.4. The first-order valence-corrected chi connectivity index (χ1v) is 7.70. The topological polar surface area (TPSA) is 38.8 Å². The van der Waals surface area contributed by atoms with Crippen LogP contribution >= 0.6 is 0 Å². The summed E-state index contributed by atoms with van der Waals surface area (Å²) < 4.78 is 46.6. The van der Waals surface area contributed by atoms with E-state index in [9.17, 15) is 18.0 Å². The molecule has 0 aliphatic rings. The van der Waals surface area contributed by atoms with Crippen LogP contribution in [0.3, 0.4) is 0 Å². The van der Waals surface area contributed by atoms with E-state index in [2.05, 4.69) is 4.74 Å². The number of halogens is 3. The van der Waals surface area contributed by atoms with Crippen molar-refractivity contribution in [1.29, 1.82) is 0 Å². The van der Waals surface area contributed by atoms with Crippen LogP contribution in [0.5, 0.6) is 11.5 Å². The molecule has 26 heavy (non-hydrogen) atoms. The maximum absolute atomic E-state index is 12.5. The van der Waals surface area contributed by atoms with Crippen LogP contribution < -0.4 is 9.47 Å². The summed E-state index contributed by atoms with van der Waals surface area (Å²) >= 11 is 0. The predicted octanol–water partition coefficient (Wildman–Crippen LogP) is 4.27. The van der Waals surface area contributed by atoms with E-state index in [-0.39, 0.29) is 23.8 Å². The highest BCUT2D eigenvalue weighted by Crippen LogP contribution is 2.27. The van der Waals surface area contributed by atoms with Crippen LogP contribution in [0.4, 0.5) is 13.2 Å². The fourth-order valence-corrected chi connectivity index (χ4v) is 2.28. The summed E-state index contributed by atoms with van der Waals surface area (Å²) in [5.74, 6) is -0.0748. The molecule has 0 N–H and O–H groups in total. The summed E-state index contributed by atoms with van der Waals surface area (Å²) in [6.07, 6.45) is -1.86. The smallest absolute Gasteiger partial charge is 0.496 e. The summed E-state index contributed by atoms with van der Waals surface area (Å²) in [4.78, 5) is 13.5. The normalized spacial score (nSPS) is 11.4. The zero-order valence-corrected chi connectivity index (χ0v) is 14.3. The van der Waals surface area contributed by atoms with E-state index in [0.29, 0.717) is 5.75 Å². The average molecular weight is 365 g/mol. The van der Waals surface area contributed by atoms with Gasteiger partial charge < -0.3 is 14.4 Å². The van der Waals surface area contributed by atoms with E-state index >= 15 is 0 Å². The monoisotopic (exact) mass is 365 g/mol. The third kappa shape index (κ3) is 5.54. The molecule has 0 heterocycles. The molecule has 0 spiro atoms. The van der Waals surface area contributed by atoms with Gasteiger partial charge in [0.2, 0.25) is 5.91 Å². The Hall–Kier alpha value is -2.96. The second-order valence-electron chi connectivity index (χ2n) is 5.43. The molecule has 2 aromatic carbocycles. The van der Waals surface area contributed by atoms with E-state index < -0.39 is 6.36 Å². The van der Waals surface area contributed by atoms with Crippen molar-refractivity contribution in [3.05, 3.63) is 65.7 Å². The molecule has 0 aliphatic carbocycles.